The summed E-state index contributed by atoms with van der Waals surface area (Å²) in [5, 5.41) is 0.764. The molecular weight excluding hydrogens is 371 g/mol. The van der Waals surface area contributed by atoms with Gasteiger partial charge in [-0.15, -0.1) is 0 Å². The van der Waals surface area contributed by atoms with Crippen LogP contribution in [0.2, 0.25) is 5.02 Å². The van der Waals surface area contributed by atoms with E-state index < -0.39 is 5.82 Å². The molecule has 2 N–H and O–H groups in total. The summed E-state index contributed by atoms with van der Waals surface area (Å²) in [6.07, 6.45) is 2.71. The average molecular weight is 391 g/mol. The van der Waals surface area contributed by atoms with E-state index in [2.05, 4.69) is 4.98 Å². The van der Waals surface area contributed by atoms with Crippen LogP contribution in [0.15, 0.2) is 15.3 Å². The molecule has 6 nitrogen and oxygen atoms in total. The smallest absolute Gasteiger partial charge is 0.281 e. The van der Waals surface area contributed by atoms with Crippen molar-refractivity contribution in [2.24, 2.45) is 11.7 Å². The zero-order valence-corrected chi connectivity index (χ0v) is 15.7. The molecule has 2 fully saturated rings. The van der Waals surface area contributed by atoms with Crippen LogP contribution < -0.4 is 16.2 Å². The monoisotopic (exact) mass is 390 g/mol. The molecule has 2 aromatic heterocycles. The molecule has 0 bridgehead atoms. The SMILES string of the molecule is Cc1nc2c(=O)n(C3CC3)c3c(Cl)c(N4CC[C@H](CN)C4)c(F)cc3c2o1. The van der Waals surface area contributed by atoms with Crippen molar-refractivity contribution >= 4 is 39.3 Å². The molecule has 1 aliphatic heterocycles. The number of hydrogen-bond donors (Lipinski definition) is 1. The molecule has 0 radical (unpaired) electrons. The van der Waals surface area contributed by atoms with E-state index in [1.165, 1.54) is 6.07 Å². The van der Waals surface area contributed by atoms with E-state index in [9.17, 15) is 4.79 Å². The molecule has 1 aromatic carbocycles. The van der Waals surface area contributed by atoms with Crippen LogP contribution in [0.1, 0.15) is 31.2 Å². The number of nitrogens with zero attached hydrogens (tertiary/aromatic N) is 3. The predicted octanol–water partition coefficient (Wildman–Crippen LogP) is 3.36. The Morgan fingerprint density at radius 1 is 1.41 bits per heavy atom. The fourth-order valence-electron chi connectivity index (χ4n) is 4.18. The second-order valence-corrected chi connectivity index (χ2v) is 7.95. The van der Waals surface area contributed by atoms with Gasteiger partial charge in [0.15, 0.2) is 17.0 Å². The largest absolute Gasteiger partial charge is 0.440 e. The quantitative estimate of drug-likeness (QED) is 0.742. The van der Waals surface area contributed by atoms with Gasteiger partial charge in [-0.3, -0.25) is 4.79 Å². The number of aryl methyl sites for hydroxylation is 1. The Kier molecular flexibility index (Phi) is 3.74. The maximum Gasteiger partial charge on any atom is 0.281 e. The topological polar surface area (TPSA) is 77.3 Å². The van der Waals surface area contributed by atoms with Crippen LogP contribution in [-0.4, -0.2) is 29.2 Å². The Balaban J connectivity index is 1.84. The van der Waals surface area contributed by atoms with Crippen molar-refractivity contribution < 1.29 is 8.81 Å². The molecule has 5 rings (SSSR count). The molecule has 1 aliphatic carbocycles. The minimum absolute atomic E-state index is 0.0765. The second kappa shape index (κ2) is 5.94. The molecule has 0 unspecified atom stereocenters. The van der Waals surface area contributed by atoms with Crippen molar-refractivity contribution in [1.29, 1.82) is 0 Å². The van der Waals surface area contributed by atoms with Crippen LogP contribution >= 0.6 is 11.6 Å². The standard InChI is InChI=1S/C19H20ClFN4O2/c1-9-23-15-18(27-9)12-6-13(21)17(24-5-4-10(7-22)8-24)14(20)16(12)25(19(15)26)11-2-3-11/h6,10-11H,2-5,7-8,22H2,1H3/t10-/m1/s1. The number of aromatic nitrogens is 2. The fourth-order valence-corrected chi connectivity index (χ4v) is 4.58. The highest BCUT2D eigenvalue weighted by Gasteiger charge is 2.33. The zero-order valence-electron chi connectivity index (χ0n) is 15.0. The number of hydrogen-bond acceptors (Lipinski definition) is 5. The Morgan fingerprint density at radius 2 is 2.19 bits per heavy atom. The first-order valence-corrected chi connectivity index (χ1v) is 9.65. The van der Waals surface area contributed by atoms with Crippen molar-refractivity contribution in [2.75, 3.05) is 24.5 Å². The first kappa shape index (κ1) is 17.0. The molecule has 8 heteroatoms. The average Bonchev–Trinajstić information content (AvgIpc) is 3.21. The molecule has 27 heavy (non-hydrogen) atoms. The molecule has 0 amide bonds. The summed E-state index contributed by atoms with van der Waals surface area (Å²) < 4.78 is 22.5. The summed E-state index contributed by atoms with van der Waals surface area (Å²) in [7, 11) is 0. The minimum Gasteiger partial charge on any atom is -0.440 e. The molecule has 1 atom stereocenters. The Morgan fingerprint density at radius 3 is 2.85 bits per heavy atom. The normalized spacial score (nSPS) is 20.3. The highest BCUT2D eigenvalue weighted by molar-refractivity contribution is 6.38. The van der Waals surface area contributed by atoms with E-state index in [0.717, 1.165) is 19.3 Å². The van der Waals surface area contributed by atoms with Crippen LogP contribution in [0.3, 0.4) is 0 Å². The van der Waals surface area contributed by atoms with Crippen molar-refractivity contribution in [3.05, 3.63) is 33.2 Å². The lowest BCUT2D eigenvalue weighted by atomic mass is 10.1. The summed E-state index contributed by atoms with van der Waals surface area (Å²) >= 11 is 6.74. The van der Waals surface area contributed by atoms with Gasteiger partial charge in [0.2, 0.25) is 0 Å². The summed E-state index contributed by atoms with van der Waals surface area (Å²) in [5.41, 5.74) is 6.99. The van der Waals surface area contributed by atoms with Gasteiger partial charge in [-0.05, 0) is 37.8 Å². The van der Waals surface area contributed by atoms with Crippen molar-refractivity contribution in [3.63, 3.8) is 0 Å². The van der Waals surface area contributed by atoms with Crippen LogP contribution in [0.25, 0.3) is 22.0 Å². The third-order valence-corrected chi connectivity index (χ3v) is 6.01. The number of oxazole rings is 1. The Bertz CT molecular complexity index is 1130. The van der Waals surface area contributed by atoms with Gasteiger partial charge in [-0.1, -0.05) is 11.6 Å². The van der Waals surface area contributed by atoms with Crippen LogP contribution in [0, 0.1) is 18.7 Å². The van der Waals surface area contributed by atoms with Gasteiger partial charge in [0.1, 0.15) is 5.82 Å². The van der Waals surface area contributed by atoms with E-state index >= 15 is 4.39 Å². The second-order valence-electron chi connectivity index (χ2n) is 7.57. The number of fused-ring (bicyclic) bond motifs is 3. The van der Waals surface area contributed by atoms with Crippen LogP contribution in [0.4, 0.5) is 10.1 Å². The number of halogens is 2. The number of nitrogens with two attached hydrogens (primary N) is 1. The summed E-state index contributed by atoms with van der Waals surface area (Å²) in [4.78, 5) is 19.2. The van der Waals surface area contributed by atoms with E-state index in [4.69, 9.17) is 21.8 Å². The van der Waals surface area contributed by atoms with E-state index in [0.29, 0.717) is 53.6 Å². The van der Waals surface area contributed by atoms with Gasteiger partial charge in [-0.2, -0.15) is 0 Å². The first-order chi connectivity index (χ1) is 13.0. The lowest BCUT2D eigenvalue weighted by Gasteiger charge is -2.23. The highest BCUT2D eigenvalue weighted by atomic mass is 35.5. The highest BCUT2D eigenvalue weighted by Crippen LogP contribution is 2.44. The lowest BCUT2D eigenvalue weighted by molar-refractivity contribution is 0.563. The minimum atomic E-state index is -0.415. The maximum absolute atomic E-state index is 15.1. The van der Waals surface area contributed by atoms with E-state index in [1.807, 2.05) is 4.90 Å². The fraction of sp³-hybridized carbons (Fsp3) is 0.474. The molecular formula is C19H20ClFN4O2. The number of benzene rings is 1. The van der Waals surface area contributed by atoms with E-state index in [1.54, 1.807) is 11.5 Å². The van der Waals surface area contributed by atoms with Gasteiger partial charge in [0.05, 0.1) is 16.2 Å². The molecule has 0 spiro atoms. The third-order valence-electron chi connectivity index (χ3n) is 5.66. The first-order valence-electron chi connectivity index (χ1n) is 9.28. The summed E-state index contributed by atoms with van der Waals surface area (Å²) in [6, 6.07) is 1.50. The predicted molar refractivity (Wildman–Crippen MR) is 103 cm³/mol. The molecule has 2 aliphatic rings. The van der Waals surface area contributed by atoms with Gasteiger partial charge >= 0.3 is 0 Å². The molecule has 1 saturated carbocycles. The third kappa shape index (κ3) is 2.48. The van der Waals surface area contributed by atoms with Crippen LogP contribution in [-0.2, 0) is 0 Å². The molecule has 142 valence electrons. The van der Waals surface area contributed by atoms with Gasteiger partial charge < -0.3 is 19.6 Å². The van der Waals surface area contributed by atoms with Gasteiger partial charge in [0, 0.05) is 31.4 Å². The lowest BCUT2D eigenvalue weighted by Crippen LogP contribution is -2.25. The zero-order chi connectivity index (χ0) is 18.9. The van der Waals surface area contributed by atoms with Gasteiger partial charge in [-0.25, -0.2) is 9.37 Å². The van der Waals surface area contributed by atoms with E-state index in [-0.39, 0.29) is 22.1 Å². The summed E-state index contributed by atoms with van der Waals surface area (Å²) in [6.45, 7) is 3.60. The number of anilines is 1. The number of pyridine rings is 1. The Labute approximate surface area is 159 Å². The van der Waals surface area contributed by atoms with Crippen molar-refractivity contribution in [1.82, 2.24) is 9.55 Å². The molecule has 3 heterocycles. The molecule has 3 aromatic rings. The van der Waals surface area contributed by atoms with Gasteiger partial charge in [0.25, 0.3) is 5.56 Å². The van der Waals surface area contributed by atoms with Crippen molar-refractivity contribution in [2.45, 2.75) is 32.2 Å². The van der Waals surface area contributed by atoms with Crippen molar-refractivity contribution in [3.8, 4) is 0 Å². The molecule has 1 saturated heterocycles. The number of rotatable bonds is 3. The Hall–Kier alpha value is -2.12. The summed E-state index contributed by atoms with van der Waals surface area (Å²) in [5.74, 6) is 0.283. The van der Waals surface area contributed by atoms with Crippen LogP contribution in [0.5, 0.6) is 0 Å². The maximum atomic E-state index is 15.1.